The fourth-order valence-electron chi connectivity index (χ4n) is 3.23. The van der Waals surface area contributed by atoms with Gasteiger partial charge in [-0.25, -0.2) is 0 Å². The van der Waals surface area contributed by atoms with Crippen LogP contribution in [0.2, 0.25) is 0 Å². The molecule has 1 amide bonds. The summed E-state index contributed by atoms with van der Waals surface area (Å²) in [5.74, 6) is 1.79. The van der Waals surface area contributed by atoms with E-state index in [0.717, 1.165) is 29.0 Å². The third-order valence-electron chi connectivity index (χ3n) is 5.30. The number of para-hydroxylation sites is 1. The highest BCUT2D eigenvalue weighted by atomic mass is 16.5. The van der Waals surface area contributed by atoms with Gasteiger partial charge in [-0.2, -0.15) is 0 Å². The Balaban J connectivity index is 1.51. The third kappa shape index (κ3) is 6.90. The molecule has 1 aromatic heterocycles. The van der Waals surface area contributed by atoms with Crippen LogP contribution in [0.15, 0.2) is 53.3 Å². The molecule has 1 atom stereocenters. The minimum absolute atomic E-state index is 0.133. The Hall–Kier alpha value is -3.68. The maximum absolute atomic E-state index is 12.4. The number of carbonyl (C=O) groups is 1. The van der Waals surface area contributed by atoms with E-state index in [1.54, 1.807) is 7.11 Å². The van der Waals surface area contributed by atoms with Crippen molar-refractivity contribution in [2.45, 2.75) is 45.6 Å². The van der Waals surface area contributed by atoms with Gasteiger partial charge in [-0.15, -0.1) is 10.2 Å². The molecule has 0 bridgehead atoms. The summed E-state index contributed by atoms with van der Waals surface area (Å²) in [6.07, 6.45) is 2.08. The number of benzene rings is 2. The van der Waals surface area contributed by atoms with Crippen LogP contribution in [0.3, 0.4) is 0 Å². The highest BCUT2D eigenvalue weighted by Gasteiger charge is 2.10. The van der Waals surface area contributed by atoms with Crippen LogP contribution < -0.4 is 20.3 Å². The molecule has 0 aliphatic carbocycles. The second-order valence-corrected chi connectivity index (χ2v) is 7.72. The maximum Gasteiger partial charge on any atom is 0.273 e. The Bertz CT molecular complexity index is 1110. The van der Waals surface area contributed by atoms with Gasteiger partial charge >= 0.3 is 0 Å². The van der Waals surface area contributed by atoms with E-state index in [0.29, 0.717) is 18.8 Å². The number of nitrogens with one attached hydrogen (secondary N) is 2. The van der Waals surface area contributed by atoms with Gasteiger partial charge in [-0.3, -0.25) is 9.59 Å². The van der Waals surface area contributed by atoms with E-state index in [1.807, 2.05) is 55.5 Å². The number of hydrogen-bond donors (Lipinski definition) is 2. The van der Waals surface area contributed by atoms with Crippen molar-refractivity contribution < 1.29 is 14.3 Å². The van der Waals surface area contributed by atoms with Gasteiger partial charge in [0.25, 0.3) is 5.56 Å². The number of methoxy groups -OCH3 is 1. The molecule has 0 spiro atoms. The van der Waals surface area contributed by atoms with E-state index >= 15 is 0 Å². The quantitative estimate of drug-likeness (QED) is 0.464. The topological polar surface area (TPSA) is 106 Å². The van der Waals surface area contributed by atoms with Crippen LogP contribution in [0, 0.1) is 0 Å². The SMILES string of the molecule is CC[C@@H](C)Oc1ccc(-c2nnc(CCC(=O)NCCc3ccccc3OC)c(=O)[nH]2)cc1. The average molecular weight is 451 g/mol. The van der Waals surface area contributed by atoms with Gasteiger partial charge in [0.1, 0.15) is 17.2 Å². The monoisotopic (exact) mass is 450 g/mol. The van der Waals surface area contributed by atoms with Crippen molar-refractivity contribution in [3.63, 3.8) is 0 Å². The predicted octanol–water partition coefficient (Wildman–Crippen LogP) is 3.31. The number of aryl methyl sites for hydroxylation is 1. The van der Waals surface area contributed by atoms with Crippen molar-refractivity contribution in [2.75, 3.05) is 13.7 Å². The second-order valence-electron chi connectivity index (χ2n) is 7.72. The number of amides is 1. The Labute approximate surface area is 193 Å². The average Bonchev–Trinajstić information content (AvgIpc) is 2.84. The zero-order valence-electron chi connectivity index (χ0n) is 19.3. The standard InChI is InChI=1S/C25H30N4O4/c1-4-17(2)33-20-11-9-19(10-12-20)24-27-25(31)21(28-29-24)13-14-23(30)26-16-15-18-7-5-6-8-22(18)32-3/h5-12,17H,4,13-16H2,1-3H3,(H,26,30)(H,27,29,31)/t17-/m1/s1. The number of carbonyl (C=O) groups excluding carboxylic acids is 1. The lowest BCUT2D eigenvalue weighted by Crippen LogP contribution is -2.27. The molecule has 0 saturated heterocycles. The molecule has 8 nitrogen and oxygen atoms in total. The lowest BCUT2D eigenvalue weighted by atomic mass is 10.1. The Morgan fingerprint density at radius 1 is 1.09 bits per heavy atom. The highest BCUT2D eigenvalue weighted by molar-refractivity contribution is 5.76. The van der Waals surface area contributed by atoms with Gasteiger partial charge < -0.3 is 19.8 Å². The Morgan fingerprint density at radius 3 is 2.55 bits per heavy atom. The zero-order valence-corrected chi connectivity index (χ0v) is 19.3. The minimum Gasteiger partial charge on any atom is -0.496 e. The van der Waals surface area contributed by atoms with Gasteiger partial charge in [0.2, 0.25) is 5.91 Å². The van der Waals surface area contributed by atoms with E-state index in [1.165, 1.54) is 0 Å². The third-order valence-corrected chi connectivity index (χ3v) is 5.30. The molecule has 0 aliphatic rings. The summed E-state index contributed by atoms with van der Waals surface area (Å²) in [5.41, 5.74) is 1.64. The Kier molecular flexibility index (Phi) is 8.57. The first kappa shape index (κ1) is 24.0. The number of nitrogens with zero attached hydrogens (tertiary/aromatic N) is 2. The lowest BCUT2D eigenvalue weighted by Gasteiger charge is -2.12. The first-order valence-corrected chi connectivity index (χ1v) is 11.1. The van der Waals surface area contributed by atoms with Crippen molar-refractivity contribution in [3.8, 4) is 22.9 Å². The van der Waals surface area contributed by atoms with E-state index in [9.17, 15) is 9.59 Å². The smallest absolute Gasteiger partial charge is 0.273 e. The summed E-state index contributed by atoms with van der Waals surface area (Å²) in [6.45, 7) is 4.56. The lowest BCUT2D eigenvalue weighted by molar-refractivity contribution is -0.121. The van der Waals surface area contributed by atoms with Gasteiger partial charge in [0.05, 0.1) is 13.2 Å². The first-order chi connectivity index (χ1) is 16.0. The maximum atomic E-state index is 12.4. The number of hydrogen-bond acceptors (Lipinski definition) is 6. The van der Waals surface area contributed by atoms with Crippen LogP contribution in [0.5, 0.6) is 11.5 Å². The molecule has 8 heteroatoms. The summed E-state index contributed by atoms with van der Waals surface area (Å²) < 4.78 is 11.1. The molecule has 0 saturated carbocycles. The second kappa shape index (κ2) is 11.8. The highest BCUT2D eigenvalue weighted by Crippen LogP contribution is 2.20. The number of aromatic nitrogens is 3. The van der Waals surface area contributed by atoms with Gasteiger partial charge in [-0.1, -0.05) is 25.1 Å². The van der Waals surface area contributed by atoms with E-state index in [4.69, 9.17) is 9.47 Å². The molecule has 174 valence electrons. The van der Waals surface area contributed by atoms with Crippen molar-refractivity contribution in [2.24, 2.45) is 0 Å². The zero-order chi connectivity index (χ0) is 23.6. The molecular weight excluding hydrogens is 420 g/mol. The molecule has 0 radical (unpaired) electrons. The number of rotatable bonds is 11. The summed E-state index contributed by atoms with van der Waals surface area (Å²) in [6, 6.07) is 15.0. The van der Waals surface area contributed by atoms with Crippen LogP contribution in [-0.4, -0.2) is 40.8 Å². The molecule has 33 heavy (non-hydrogen) atoms. The number of ether oxygens (including phenoxy) is 2. The summed E-state index contributed by atoms with van der Waals surface area (Å²) in [4.78, 5) is 27.3. The molecule has 2 N–H and O–H groups in total. The number of H-pyrrole nitrogens is 1. The fourth-order valence-corrected chi connectivity index (χ4v) is 3.23. The van der Waals surface area contributed by atoms with Gasteiger partial charge in [0, 0.05) is 24.9 Å². The molecular formula is C25H30N4O4. The van der Waals surface area contributed by atoms with E-state index < -0.39 is 0 Å². The minimum atomic E-state index is -0.346. The van der Waals surface area contributed by atoms with E-state index in [-0.39, 0.29) is 36.1 Å². The van der Waals surface area contributed by atoms with Crippen LogP contribution in [0.4, 0.5) is 0 Å². The molecule has 3 aromatic rings. The van der Waals surface area contributed by atoms with Crippen LogP contribution in [-0.2, 0) is 17.6 Å². The van der Waals surface area contributed by atoms with E-state index in [2.05, 4.69) is 27.4 Å². The first-order valence-electron chi connectivity index (χ1n) is 11.1. The van der Waals surface area contributed by atoms with Crippen molar-refractivity contribution in [1.82, 2.24) is 20.5 Å². The summed E-state index contributed by atoms with van der Waals surface area (Å²) >= 11 is 0. The molecule has 1 heterocycles. The van der Waals surface area contributed by atoms with Gasteiger partial charge in [0.15, 0.2) is 5.82 Å². The van der Waals surface area contributed by atoms with Crippen LogP contribution in [0.1, 0.15) is 37.9 Å². The van der Waals surface area contributed by atoms with Gasteiger partial charge in [-0.05, 0) is 55.7 Å². The number of aromatic amines is 1. The molecule has 0 aliphatic heterocycles. The molecule has 0 unspecified atom stereocenters. The van der Waals surface area contributed by atoms with Crippen LogP contribution >= 0.6 is 0 Å². The molecule has 0 fully saturated rings. The van der Waals surface area contributed by atoms with Crippen molar-refractivity contribution in [1.29, 1.82) is 0 Å². The normalized spacial score (nSPS) is 11.6. The summed E-state index contributed by atoms with van der Waals surface area (Å²) in [7, 11) is 1.62. The molecule has 3 rings (SSSR count). The van der Waals surface area contributed by atoms with Crippen molar-refractivity contribution >= 4 is 5.91 Å². The Morgan fingerprint density at radius 2 is 1.85 bits per heavy atom. The largest absolute Gasteiger partial charge is 0.496 e. The van der Waals surface area contributed by atoms with Crippen LogP contribution in [0.25, 0.3) is 11.4 Å². The molecule has 2 aromatic carbocycles. The summed E-state index contributed by atoms with van der Waals surface area (Å²) in [5, 5.41) is 11.0. The fraction of sp³-hybridized carbons (Fsp3) is 0.360. The van der Waals surface area contributed by atoms with Crippen molar-refractivity contribution in [3.05, 3.63) is 70.1 Å². The predicted molar refractivity (Wildman–Crippen MR) is 126 cm³/mol.